The molecule has 1 fully saturated rings. The summed E-state index contributed by atoms with van der Waals surface area (Å²) in [6, 6.07) is 5.80. The molecule has 9 heteroatoms. The molecule has 0 aliphatic carbocycles. The van der Waals surface area contributed by atoms with Gasteiger partial charge in [0, 0.05) is 26.3 Å². The van der Waals surface area contributed by atoms with Crippen LogP contribution < -0.4 is 10.1 Å². The fourth-order valence-corrected chi connectivity index (χ4v) is 2.87. The maximum Gasteiger partial charge on any atom is 0.573 e. The first-order valence-electron chi connectivity index (χ1n) is 7.62. The van der Waals surface area contributed by atoms with Crippen LogP contribution in [-0.2, 0) is 16.1 Å². The Morgan fingerprint density at radius 2 is 1.88 bits per heavy atom. The average molecular weight is 383 g/mol. The van der Waals surface area contributed by atoms with Gasteiger partial charge in [0.25, 0.3) is 5.91 Å². The predicted molar refractivity (Wildman–Crippen MR) is 88.7 cm³/mol. The summed E-state index contributed by atoms with van der Waals surface area (Å²) < 4.78 is 47.0. The molecule has 0 bridgehead atoms. The van der Waals surface area contributed by atoms with E-state index in [0.29, 0.717) is 25.9 Å². The van der Waals surface area contributed by atoms with E-state index in [9.17, 15) is 18.0 Å². The second-order valence-electron chi connectivity index (χ2n) is 5.77. The summed E-state index contributed by atoms with van der Waals surface area (Å²) in [5.41, 5.74) is -0.648. The van der Waals surface area contributed by atoms with E-state index >= 15 is 0 Å². The van der Waals surface area contributed by atoms with Gasteiger partial charge in [0.1, 0.15) is 11.4 Å². The van der Waals surface area contributed by atoms with Crippen molar-refractivity contribution in [2.45, 2.75) is 31.3 Å². The minimum Gasteiger partial charge on any atom is -0.405 e. The first-order chi connectivity index (χ1) is 11.3. The molecule has 0 unspecified atom stereocenters. The number of ether oxygens (including phenoxy) is 2. The highest BCUT2D eigenvalue weighted by Crippen LogP contribution is 2.29. The minimum atomic E-state index is -4.78. The maximum absolute atomic E-state index is 12.8. The number of nitrogens with one attached hydrogen (secondary N) is 1. The molecule has 1 N–H and O–H groups in total. The fourth-order valence-electron chi connectivity index (χ4n) is 2.87. The van der Waals surface area contributed by atoms with Gasteiger partial charge in [0.05, 0.1) is 0 Å². The highest BCUT2D eigenvalue weighted by molar-refractivity contribution is 5.85. The number of rotatable bonds is 5. The predicted octanol–water partition coefficient (Wildman–Crippen LogP) is 2.73. The molecular formula is C16H22ClF3N2O3. The normalized spacial score (nSPS) is 16.7. The molecule has 1 amide bonds. The van der Waals surface area contributed by atoms with Crippen LogP contribution in [-0.4, -0.2) is 50.0 Å². The van der Waals surface area contributed by atoms with Crippen molar-refractivity contribution in [1.29, 1.82) is 0 Å². The number of alkyl halides is 3. The van der Waals surface area contributed by atoms with Crippen LogP contribution in [0, 0.1) is 0 Å². The Bertz CT molecular complexity index is 578. The molecule has 142 valence electrons. The lowest BCUT2D eigenvalue weighted by Crippen LogP contribution is -2.54. The average Bonchev–Trinajstić information content (AvgIpc) is 2.55. The van der Waals surface area contributed by atoms with Crippen LogP contribution in [0.15, 0.2) is 24.3 Å². The highest BCUT2D eigenvalue weighted by Gasteiger charge is 2.41. The summed E-state index contributed by atoms with van der Waals surface area (Å²) in [6.45, 7) is 1.31. The van der Waals surface area contributed by atoms with Crippen molar-refractivity contribution >= 4 is 18.3 Å². The molecule has 0 saturated carbocycles. The van der Waals surface area contributed by atoms with Crippen LogP contribution >= 0.6 is 12.4 Å². The van der Waals surface area contributed by atoms with Gasteiger partial charge >= 0.3 is 6.36 Å². The van der Waals surface area contributed by atoms with Crippen molar-refractivity contribution in [3.63, 3.8) is 0 Å². The third kappa shape index (κ3) is 5.49. The molecule has 1 aromatic rings. The van der Waals surface area contributed by atoms with Crippen LogP contribution in [0.3, 0.4) is 0 Å². The number of nitrogens with zero attached hydrogens (tertiary/aromatic N) is 1. The number of hydrogen-bond donors (Lipinski definition) is 1. The van der Waals surface area contributed by atoms with E-state index in [1.807, 2.05) is 0 Å². The minimum absolute atomic E-state index is 0. The van der Waals surface area contributed by atoms with Gasteiger partial charge in [-0.1, -0.05) is 18.2 Å². The molecule has 25 heavy (non-hydrogen) atoms. The molecule has 2 rings (SSSR count). The van der Waals surface area contributed by atoms with E-state index in [0.717, 1.165) is 0 Å². The summed E-state index contributed by atoms with van der Waals surface area (Å²) in [5, 5.41) is 3.16. The Kier molecular flexibility index (Phi) is 7.52. The number of piperidine rings is 1. The third-order valence-corrected chi connectivity index (χ3v) is 4.14. The summed E-state index contributed by atoms with van der Waals surface area (Å²) in [6.07, 6.45) is -3.73. The van der Waals surface area contributed by atoms with Gasteiger partial charge in [-0.3, -0.25) is 4.79 Å². The van der Waals surface area contributed by atoms with Crippen molar-refractivity contribution in [3.8, 4) is 5.75 Å². The molecule has 1 aliphatic rings. The molecule has 1 saturated heterocycles. The Balaban J connectivity index is 0.00000312. The Labute approximate surface area is 150 Å². The number of likely N-dealkylation sites (N-methyl/N-ethyl adjacent to an activating group) is 1. The molecule has 0 atom stereocenters. The van der Waals surface area contributed by atoms with Gasteiger partial charge < -0.3 is 19.7 Å². The van der Waals surface area contributed by atoms with Gasteiger partial charge in [-0.15, -0.1) is 25.6 Å². The molecule has 1 aliphatic heterocycles. The maximum atomic E-state index is 12.8. The van der Waals surface area contributed by atoms with E-state index in [2.05, 4.69) is 10.1 Å². The molecule has 0 aromatic heterocycles. The van der Waals surface area contributed by atoms with Gasteiger partial charge in [-0.05, 0) is 32.0 Å². The zero-order valence-electron chi connectivity index (χ0n) is 14.1. The molecule has 5 nitrogen and oxygen atoms in total. The summed E-state index contributed by atoms with van der Waals surface area (Å²) >= 11 is 0. The van der Waals surface area contributed by atoms with E-state index in [-0.39, 0.29) is 36.2 Å². The first kappa shape index (κ1) is 21.5. The van der Waals surface area contributed by atoms with Crippen LogP contribution in [0.4, 0.5) is 13.2 Å². The number of carbonyl (C=O) groups is 1. The first-order valence-corrected chi connectivity index (χ1v) is 7.62. The third-order valence-electron chi connectivity index (χ3n) is 4.14. The van der Waals surface area contributed by atoms with E-state index in [1.165, 1.54) is 30.2 Å². The summed E-state index contributed by atoms with van der Waals surface area (Å²) in [7, 11) is 3.03. The number of para-hydroxylation sites is 1. The number of methoxy groups -OCH3 is 1. The number of amides is 1. The van der Waals surface area contributed by atoms with Gasteiger partial charge in [-0.2, -0.15) is 0 Å². The van der Waals surface area contributed by atoms with Gasteiger partial charge in [0.2, 0.25) is 0 Å². The lowest BCUT2D eigenvalue weighted by molar-refractivity contribution is -0.275. The second-order valence-corrected chi connectivity index (χ2v) is 5.77. The van der Waals surface area contributed by atoms with Crippen LogP contribution in [0.2, 0.25) is 0 Å². The highest BCUT2D eigenvalue weighted by atomic mass is 35.5. The van der Waals surface area contributed by atoms with Crippen LogP contribution in [0.25, 0.3) is 0 Å². The number of carbonyl (C=O) groups excluding carboxylic acids is 1. The zero-order chi connectivity index (χ0) is 17.8. The number of hydrogen-bond acceptors (Lipinski definition) is 4. The topological polar surface area (TPSA) is 50.8 Å². The van der Waals surface area contributed by atoms with E-state index < -0.39 is 12.0 Å². The van der Waals surface area contributed by atoms with Crippen LogP contribution in [0.5, 0.6) is 5.75 Å². The SMILES string of the molecule is COC1(C(=O)N(C)Cc2ccccc2OC(F)(F)F)CCNCC1.Cl. The molecular weight excluding hydrogens is 361 g/mol. The quantitative estimate of drug-likeness (QED) is 0.850. The molecule has 0 radical (unpaired) electrons. The Morgan fingerprint density at radius 3 is 2.44 bits per heavy atom. The van der Waals surface area contributed by atoms with E-state index in [1.54, 1.807) is 13.1 Å². The lowest BCUT2D eigenvalue weighted by Gasteiger charge is -2.37. The largest absolute Gasteiger partial charge is 0.573 e. The standard InChI is InChI=1S/C16H21F3N2O3.ClH/c1-21(14(22)15(23-2)7-9-20-10-8-15)11-12-5-3-4-6-13(12)24-16(17,18)19;/h3-6,20H,7-11H2,1-2H3;1H. The lowest BCUT2D eigenvalue weighted by atomic mass is 9.90. The van der Waals surface area contributed by atoms with Crippen LogP contribution in [0.1, 0.15) is 18.4 Å². The van der Waals surface area contributed by atoms with E-state index in [4.69, 9.17) is 4.74 Å². The number of halogens is 4. The summed E-state index contributed by atoms with van der Waals surface area (Å²) in [5.74, 6) is -0.547. The molecule has 1 heterocycles. The van der Waals surface area contributed by atoms with Crippen molar-refractivity contribution in [3.05, 3.63) is 29.8 Å². The van der Waals surface area contributed by atoms with Crippen molar-refractivity contribution in [1.82, 2.24) is 10.2 Å². The fraction of sp³-hybridized carbons (Fsp3) is 0.562. The van der Waals surface area contributed by atoms with Gasteiger partial charge in [-0.25, -0.2) is 0 Å². The Morgan fingerprint density at radius 1 is 1.28 bits per heavy atom. The number of benzene rings is 1. The van der Waals surface area contributed by atoms with Crippen molar-refractivity contribution in [2.24, 2.45) is 0 Å². The van der Waals surface area contributed by atoms with Gasteiger partial charge in [0.15, 0.2) is 0 Å². The molecule has 1 aromatic carbocycles. The summed E-state index contributed by atoms with van der Waals surface area (Å²) in [4.78, 5) is 14.1. The zero-order valence-corrected chi connectivity index (χ0v) is 14.9. The smallest absolute Gasteiger partial charge is 0.405 e. The Hall–Kier alpha value is -1.51. The van der Waals surface area contributed by atoms with Crippen molar-refractivity contribution < 1.29 is 27.4 Å². The second kappa shape index (κ2) is 8.73. The molecule has 0 spiro atoms. The monoisotopic (exact) mass is 382 g/mol. The van der Waals surface area contributed by atoms with Crippen molar-refractivity contribution in [2.75, 3.05) is 27.2 Å².